The van der Waals surface area contributed by atoms with E-state index < -0.39 is 5.97 Å². The highest BCUT2D eigenvalue weighted by atomic mass is 16.4. The van der Waals surface area contributed by atoms with Crippen LogP contribution >= 0.6 is 0 Å². The highest BCUT2D eigenvalue weighted by Gasteiger charge is 2.07. The largest absolute Gasteiger partial charge is 0.478 e. The van der Waals surface area contributed by atoms with Crippen molar-refractivity contribution in [2.24, 2.45) is 0 Å². The van der Waals surface area contributed by atoms with E-state index in [4.69, 9.17) is 10.8 Å². The molecule has 0 spiro atoms. The number of rotatable bonds is 6. The second-order valence-corrected chi connectivity index (χ2v) is 4.51. The first kappa shape index (κ1) is 14.8. The highest BCUT2D eigenvalue weighted by molar-refractivity contribution is 5.90. The number of carbonyl (C=O) groups excluding carboxylic acids is 1. The molecule has 0 bridgehead atoms. The Morgan fingerprint density at radius 1 is 1.37 bits per heavy atom. The van der Waals surface area contributed by atoms with Crippen LogP contribution in [0.3, 0.4) is 0 Å². The number of carbonyl (C=O) groups is 2. The number of hydrogen-bond donors (Lipinski definition) is 4. The van der Waals surface area contributed by atoms with Gasteiger partial charge in [0.1, 0.15) is 0 Å². The molecule has 0 fully saturated rings. The van der Waals surface area contributed by atoms with Crippen LogP contribution in [0.5, 0.6) is 0 Å². The molecular formula is C13H19N3O3. The molecule has 0 saturated carbocycles. The van der Waals surface area contributed by atoms with Crippen molar-refractivity contribution < 1.29 is 14.7 Å². The second kappa shape index (κ2) is 6.63. The summed E-state index contributed by atoms with van der Waals surface area (Å²) in [6.07, 6.45) is 0.332. The van der Waals surface area contributed by atoms with Crippen LogP contribution in [-0.2, 0) is 4.79 Å². The molecule has 6 heteroatoms. The normalized spacial score (nSPS) is 10.3. The lowest BCUT2D eigenvalue weighted by Crippen LogP contribution is -2.31. The molecule has 1 aromatic carbocycles. The Bertz CT molecular complexity index is 472. The molecule has 104 valence electrons. The van der Waals surface area contributed by atoms with E-state index in [1.807, 2.05) is 13.8 Å². The summed E-state index contributed by atoms with van der Waals surface area (Å²) in [5, 5.41) is 14.6. The molecule has 6 nitrogen and oxygen atoms in total. The van der Waals surface area contributed by atoms with E-state index in [9.17, 15) is 9.59 Å². The van der Waals surface area contributed by atoms with Crippen LogP contribution in [-0.4, -0.2) is 29.6 Å². The summed E-state index contributed by atoms with van der Waals surface area (Å²) in [6, 6.07) is 4.57. The van der Waals surface area contributed by atoms with Crippen molar-refractivity contribution in [2.45, 2.75) is 26.3 Å². The third-order valence-electron chi connectivity index (χ3n) is 2.42. The van der Waals surface area contributed by atoms with Gasteiger partial charge in [-0.15, -0.1) is 0 Å². The van der Waals surface area contributed by atoms with Crippen LogP contribution in [0.2, 0.25) is 0 Å². The monoisotopic (exact) mass is 265 g/mol. The quantitative estimate of drug-likeness (QED) is 0.580. The van der Waals surface area contributed by atoms with Crippen LogP contribution in [0.25, 0.3) is 0 Å². The summed E-state index contributed by atoms with van der Waals surface area (Å²) in [7, 11) is 0. The minimum atomic E-state index is -1.02. The van der Waals surface area contributed by atoms with Gasteiger partial charge in [0.05, 0.1) is 16.9 Å². The number of aromatic carboxylic acids is 1. The second-order valence-electron chi connectivity index (χ2n) is 4.51. The maximum Gasteiger partial charge on any atom is 0.335 e. The molecule has 5 N–H and O–H groups in total. The van der Waals surface area contributed by atoms with Gasteiger partial charge in [-0.25, -0.2) is 4.79 Å². The Balaban J connectivity index is 2.50. The first-order chi connectivity index (χ1) is 8.90. The number of anilines is 2. The standard InChI is InChI=1S/C13H19N3O3/c1-8(2)16-12(17)5-6-15-11-4-3-9(13(18)19)7-10(11)14/h3-4,7-8,15H,5-6,14H2,1-2H3,(H,16,17)(H,18,19). The van der Waals surface area contributed by atoms with Gasteiger partial charge in [0, 0.05) is 19.0 Å². The van der Waals surface area contributed by atoms with Crippen LogP contribution < -0.4 is 16.4 Å². The molecule has 0 aromatic heterocycles. The van der Waals surface area contributed by atoms with E-state index in [0.717, 1.165) is 0 Å². The van der Waals surface area contributed by atoms with Crippen molar-refractivity contribution in [1.82, 2.24) is 5.32 Å². The van der Waals surface area contributed by atoms with Gasteiger partial charge in [-0.1, -0.05) is 0 Å². The zero-order valence-corrected chi connectivity index (χ0v) is 11.1. The predicted octanol–water partition coefficient (Wildman–Crippen LogP) is 1.29. The molecule has 1 rings (SSSR count). The van der Waals surface area contributed by atoms with Crippen molar-refractivity contribution in [1.29, 1.82) is 0 Å². The molecule has 1 amide bonds. The number of nitrogen functional groups attached to an aromatic ring is 1. The minimum absolute atomic E-state index is 0.0387. The Morgan fingerprint density at radius 3 is 2.58 bits per heavy atom. The van der Waals surface area contributed by atoms with Gasteiger partial charge in [-0.05, 0) is 32.0 Å². The van der Waals surface area contributed by atoms with Gasteiger partial charge in [0.15, 0.2) is 0 Å². The minimum Gasteiger partial charge on any atom is -0.478 e. The first-order valence-electron chi connectivity index (χ1n) is 6.06. The molecule has 19 heavy (non-hydrogen) atoms. The van der Waals surface area contributed by atoms with Gasteiger partial charge < -0.3 is 21.5 Å². The number of carboxylic acid groups (broad SMARTS) is 1. The van der Waals surface area contributed by atoms with Gasteiger partial charge in [0.25, 0.3) is 0 Å². The zero-order chi connectivity index (χ0) is 14.4. The van der Waals surface area contributed by atoms with Gasteiger partial charge in [-0.3, -0.25) is 4.79 Å². The third kappa shape index (κ3) is 4.87. The van der Waals surface area contributed by atoms with Crippen LogP contribution in [0, 0.1) is 0 Å². The number of nitrogens with one attached hydrogen (secondary N) is 2. The van der Waals surface area contributed by atoms with E-state index in [-0.39, 0.29) is 17.5 Å². The molecule has 0 aliphatic rings. The van der Waals surface area contributed by atoms with Crippen LogP contribution in [0.15, 0.2) is 18.2 Å². The van der Waals surface area contributed by atoms with Gasteiger partial charge in [-0.2, -0.15) is 0 Å². The fourth-order valence-corrected chi connectivity index (χ4v) is 1.56. The molecule has 0 aliphatic carbocycles. The number of amides is 1. The molecule has 0 saturated heterocycles. The lowest BCUT2D eigenvalue weighted by atomic mass is 10.1. The summed E-state index contributed by atoms with van der Waals surface area (Å²) in [5.74, 6) is -1.06. The Kier molecular flexibility index (Phi) is 5.17. The fraction of sp³-hybridized carbons (Fsp3) is 0.385. The summed E-state index contributed by atoms with van der Waals surface area (Å²) in [6.45, 7) is 4.23. The lowest BCUT2D eigenvalue weighted by molar-refractivity contribution is -0.121. The van der Waals surface area contributed by atoms with Gasteiger partial charge >= 0.3 is 5.97 Å². The van der Waals surface area contributed by atoms with Gasteiger partial charge in [0.2, 0.25) is 5.91 Å². The highest BCUT2D eigenvalue weighted by Crippen LogP contribution is 2.19. The van der Waals surface area contributed by atoms with E-state index in [0.29, 0.717) is 24.3 Å². The van der Waals surface area contributed by atoms with E-state index in [2.05, 4.69) is 10.6 Å². The van der Waals surface area contributed by atoms with E-state index in [1.54, 1.807) is 6.07 Å². The van der Waals surface area contributed by atoms with Crippen molar-refractivity contribution in [2.75, 3.05) is 17.6 Å². The van der Waals surface area contributed by atoms with Crippen LogP contribution in [0.4, 0.5) is 11.4 Å². The topological polar surface area (TPSA) is 104 Å². The summed E-state index contributed by atoms with van der Waals surface area (Å²) < 4.78 is 0. The fourth-order valence-electron chi connectivity index (χ4n) is 1.56. The maximum atomic E-state index is 11.4. The predicted molar refractivity (Wildman–Crippen MR) is 74.2 cm³/mol. The molecule has 0 heterocycles. The number of carboxylic acids is 1. The summed E-state index contributed by atoms with van der Waals surface area (Å²) in [4.78, 5) is 22.2. The SMILES string of the molecule is CC(C)NC(=O)CCNc1ccc(C(=O)O)cc1N. The molecule has 1 aromatic rings. The molecule has 0 atom stereocenters. The number of benzene rings is 1. The van der Waals surface area contributed by atoms with E-state index in [1.165, 1.54) is 12.1 Å². The van der Waals surface area contributed by atoms with Crippen LogP contribution in [0.1, 0.15) is 30.6 Å². The van der Waals surface area contributed by atoms with Crippen molar-refractivity contribution in [3.63, 3.8) is 0 Å². The Hall–Kier alpha value is -2.24. The summed E-state index contributed by atoms with van der Waals surface area (Å²) in [5.41, 5.74) is 6.85. The van der Waals surface area contributed by atoms with Crippen molar-refractivity contribution in [3.8, 4) is 0 Å². The smallest absolute Gasteiger partial charge is 0.335 e. The first-order valence-corrected chi connectivity index (χ1v) is 6.06. The molecule has 0 radical (unpaired) electrons. The van der Waals surface area contributed by atoms with Crippen molar-refractivity contribution >= 4 is 23.3 Å². The lowest BCUT2D eigenvalue weighted by Gasteiger charge is -2.11. The summed E-state index contributed by atoms with van der Waals surface area (Å²) >= 11 is 0. The zero-order valence-electron chi connectivity index (χ0n) is 11.1. The molecular weight excluding hydrogens is 246 g/mol. The Morgan fingerprint density at radius 2 is 2.05 bits per heavy atom. The number of nitrogens with two attached hydrogens (primary N) is 1. The molecule has 0 aliphatic heterocycles. The average molecular weight is 265 g/mol. The Labute approximate surface area is 112 Å². The maximum absolute atomic E-state index is 11.4. The van der Waals surface area contributed by atoms with Crippen molar-refractivity contribution in [3.05, 3.63) is 23.8 Å². The third-order valence-corrected chi connectivity index (χ3v) is 2.42. The average Bonchev–Trinajstić information content (AvgIpc) is 2.29. The number of hydrogen-bond acceptors (Lipinski definition) is 4. The van der Waals surface area contributed by atoms with E-state index >= 15 is 0 Å². The molecule has 0 unspecified atom stereocenters.